The Labute approximate surface area is 133 Å². The van der Waals surface area contributed by atoms with Crippen LogP contribution in [0.25, 0.3) is 11.1 Å². The predicted molar refractivity (Wildman–Crippen MR) is 92.7 cm³/mol. The van der Waals surface area contributed by atoms with Gasteiger partial charge in [0.25, 0.3) is 0 Å². The van der Waals surface area contributed by atoms with Crippen LogP contribution in [-0.4, -0.2) is 10.2 Å². The first-order valence-corrected chi connectivity index (χ1v) is 8.13. The van der Waals surface area contributed by atoms with Crippen molar-refractivity contribution in [2.45, 2.75) is 53.4 Å². The summed E-state index contributed by atoms with van der Waals surface area (Å²) in [5.74, 6) is 0.534. The Morgan fingerprint density at radius 1 is 0.682 bits per heavy atom. The lowest BCUT2D eigenvalue weighted by atomic mass is 9.93. The van der Waals surface area contributed by atoms with Gasteiger partial charge in [0.1, 0.15) is 11.5 Å². The zero-order valence-electron chi connectivity index (χ0n) is 14.0. The summed E-state index contributed by atoms with van der Waals surface area (Å²) in [6.07, 6.45) is 4.07. The number of phenolic OH excluding ortho intramolecular Hbond substituents is 2. The molecule has 0 fully saturated rings. The van der Waals surface area contributed by atoms with E-state index in [0.717, 1.165) is 47.9 Å². The van der Waals surface area contributed by atoms with Gasteiger partial charge in [-0.3, -0.25) is 0 Å². The number of rotatable bonds is 5. The molecule has 2 rings (SSSR count). The molecule has 118 valence electrons. The predicted octanol–water partition coefficient (Wildman–Crippen LogP) is 5.29. The Balaban J connectivity index is 2.64. The molecule has 0 radical (unpaired) electrons. The zero-order chi connectivity index (χ0) is 16.3. The SMILES string of the molecule is CCCc1cc(C)c(O)c(-c2cc(CCC)cc(C)c2O)c1. The minimum Gasteiger partial charge on any atom is -0.507 e. The summed E-state index contributed by atoms with van der Waals surface area (Å²) in [5.41, 5.74) is 5.60. The van der Waals surface area contributed by atoms with Gasteiger partial charge in [-0.15, -0.1) is 0 Å². The van der Waals surface area contributed by atoms with Gasteiger partial charge in [-0.25, -0.2) is 0 Å². The molecule has 2 N–H and O–H groups in total. The molecule has 0 saturated carbocycles. The smallest absolute Gasteiger partial charge is 0.126 e. The molecular formula is C20H26O2. The second-order valence-corrected chi connectivity index (χ2v) is 6.12. The van der Waals surface area contributed by atoms with Crippen molar-refractivity contribution in [1.29, 1.82) is 0 Å². The van der Waals surface area contributed by atoms with Crippen molar-refractivity contribution in [3.63, 3.8) is 0 Å². The second-order valence-electron chi connectivity index (χ2n) is 6.12. The number of aryl methyl sites for hydroxylation is 4. The van der Waals surface area contributed by atoms with Crippen molar-refractivity contribution in [3.05, 3.63) is 46.5 Å². The fourth-order valence-corrected chi connectivity index (χ4v) is 2.99. The minimum atomic E-state index is 0.267. The molecule has 0 aliphatic carbocycles. The summed E-state index contributed by atoms with van der Waals surface area (Å²) in [6.45, 7) is 8.12. The lowest BCUT2D eigenvalue weighted by Crippen LogP contribution is -1.93. The lowest BCUT2D eigenvalue weighted by Gasteiger charge is -2.15. The van der Waals surface area contributed by atoms with Crippen molar-refractivity contribution in [3.8, 4) is 22.6 Å². The summed E-state index contributed by atoms with van der Waals surface area (Å²) in [5, 5.41) is 20.9. The molecule has 0 bridgehead atoms. The van der Waals surface area contributed by atoms with Gasteiger partial charge in [0.15, 0.2) is 0 Å². The highest BCUT2D eigenvalue weighted by molar-refractivity contribution is 5.78. The van der Waals surface area contributed by atoms with Gasteiger partial charge in [-0.05, 0) is 61.1 Å². The molecule has 0 heterocycles. The number of hydrogen-bond donors (Lipinski definition) is 2. The number of phenols is 2. The highest BCUT2D eigenvalue weighted by atomic mass is 16.3. The molecule has 0 spiro atoms. The van der Waals surface area contributed by atoms with Crippen molar-refractivity contribution in [2.24, 2.45) is 0 Å². The first kappa shape index (κ1) is 16.4. The molecule has 0 aromatic heterocycles. The maximum absolute atomic E-state index is 10.5. The Morgan fingerprint density at radius 2 is 1.05 bits per heavy atom. The van der Waals surface area contributed by atoms with Crippen LogP contribution in [0.2, 0.25) is 0 Å². The highest BCUT2D eigenvalue weighted by Crippen LogP contribution is 2.40. The van der Waals surface area contributed by atoms with Crippen LogP contribution in [0.1, 0.15) is 48.9 Å². The van der Waals surface area contributed by atoms with E-state index in [2.05, 4.69) is 13.8 Å². The third kappa shape index (κ3) is 3.27. The van der Waals surface area contributed by atoms with Gasteiger partial charge >= 0.3 is 0 Å². The van der Waals surface area contributed by atoms with Gasteiger partial charge in [0.05, 0.1) is 0 Å². The standard InChI is InChI=1S/C20H26O2/c1-5-7-15-9-13(3)19(21)17(11-15)18-12-16(8-6-2)10-14(4)20(18)22/h9-12,21-22H,5-8H2,1-4H3. The summed E-state index contributed by atoms with van der Waals surface area (Å²) in [6, 6.07) is 8.08. The van der Waals surface area contributed by atoms with E-state index in [0.29, 0.717) is 0 Å². The normalized spacial score (nSPS) is 10.9. The van der Waals surface area contributed by atoms with Crippen molar-refractivity contribution < 1.29 is 10.2 Å². The maximum Gasteiger partial charge on any atom is 0.126 e. The van der Waals surface area contributed by atoms with Crippen LogP contribution in [-0.2, 0) is 12.8 Å². The molecule has 22 heavy (non-hydrogen) atoms. The van der Waals surface area contributed by atoms with Crippen LogP contribution in [0.3, 0.4) is 0 Å². The fourth-order valence-electron chi connectivity index (χ4n) is 2.99. The Kier molecular flexibility index (Phi) is 5.12. The Morgan fingerprint density at radius 3 is 1.36 bits per heavy atom. The summed E-state index contributed by atoms with van der Waals surface area (Å²) >= 11 is 0. The molecule has 2 nitrogen and oxygen atoms in total. The quantitative estimate of drug-likeness (QED) is 0.787. The van der Waals surface area contributed by atoms with E-state index in [1.165, 1.54) is 11.1 Å². The Hall–Kier alpha value is -1.96. The van der Waals surface area contributed by atoms with Gasteiger partial charge in [-0.2, -0.15) is 0 Å². The first-order valence-electron chi connectivity index (χ1n) is 8.13. The van der Waals surface area contributed by atoms with Gasteiger partial charge < -0.3 is 10.2 Å². The van der Waals surface area contributed by atoms with E-state index >= 15 is 0 Å². The summed E-state index contributed by atoms with van der Waals surface area (Å²) < 4.78 is 0. The fraction of sp³-hybridized carbons (Fsp3) is 0.400. The molecule has 2 heteroatoms. The van der Waals surface area contributed by atoms with Crippen molar-refractivity contribution >= 4 is 0 Å². The van der Waals surface area contributed by atoms with E-state index < -0.39 is 0 Å². The third-order valence-electron chi connectivity index (χ3n) is 4.09. The van der Waals surface area contributed by atoms with E-state index in [1.807, 2.05) is 38.1 Å². The largest absolute Gasteiger partial charge is 0.507 e. The first-order chi connectivity index (χ1) is 10.5. The summed E-state index contributed by atoms with van der Waals surface area (Å²) in [7, 11) is 0. The zero-order valence-corrected chi connectivity index (χ0v) is 14.0. The molecule has 0 saturated heterocycles. The molecular weight excluding hydrogens is 272 g/mol. The van der Waals surface area contributed by atoms with Gasteiger partial charge in [0.2, 0.25) is 0 Å². The molecule has 0 aliphatic rings. The van der Waals surface area contributed by atoms with Crippen LogP contribution in [0.15, 0.2) is 24.3 Å². The average Bonchev–Trinajstić information content (AvgIpc) is 2.47. The Bertz CT molecular complexity index is 612. The van der Waals surface area contributed by atoms with Crippen LogP contribution in [0.4, 0.5) is 0 Å². The van der Waals surface area contributed by atoms with Crippen LogP contribution in [0.5, 0.6) is 11.5 Å². The monoisotopic (exact) mass is 298 g/mol. The molecule has 0 aliphatic heterocycles. The van der Waals surface area contributed by atoms with Crippen LogP contribution >= 0.6 is 0 Å². The van der Waals surface area contributed by atoms with E-state index in [1.54, 1.807) is 0 Å². The topological polar surface area (TPSA) is 40.5 Å². The van der Waals surface area contributed by atoms with Crippen LogP contribution < -0.4 is 0 Å². The van der Waals surface area contributed by atoms with Gasteiger partial charge in [0, 0.05) is 11.1 Å². The second kappa shape index (κ2) is 6.87. The molecule has 0 amide bonds. The van der Waals surface area contributed by atoms with Crippen molar-refractivity contribution in [1.82, 2.24) is 0 Å². The van der Waals surface area contributed by atoms with Gasteiger partial charge in [-0.1, -0.05) is 38.8 Å². The average molecular weight is 298 g/mol. The molecule has 2 aromatic rings. The summed E-state index contributed by atoms with van der Waals surface area (Å²) in [4.78, 5) is 0. The van der Waals surface area contributed by atoms with E-state index in [4.69, 9.17) is 0 Å². The molecule has 2 aromatic carbocycles. The maximum atomic E-state index is 10.5. The lowest BCUT2D eigenvalue weighted by molar-refractivity contribution is 0.464. The van der Waals surface area contributed by atoms with Crippen molar-refractivity contribution in [2.75, 3.05) is 0 Å². The molecule has 0 atom stereocenters. The minimum absolute atomic E-state index is 0.267. The highest BCUT2D eigenvalue weighted by Gasteiger charge is 2.15. The van der Waals surface area contributed by atoms with E-state index in [9.17, 15) is 10.2 Å². The molecule has 0 unspecified atom stereocenters. The third-order valence-corrected chi connectivity index (χ3v) is 4.09. The number of benzene rings is 2. The number of aromatic hydroxyl groups is 2. The van der Waals surface area contributed by atoms with E-state index in [-0.39, 0.29) is 11.5 Å². The van der Waals surface area contributed by atoms with Crippen LogP contribution in [0, 0.1) is 13.8 Å². The number of hydrogen-bond acceptors (Lipinski definition) is 2.